The van der Waals surface area contributed by atoms with Gasteiger partial charge in [-0.25, -0.2) is 0 Å². The zero-order valence-corrected chi connectivity index (χ0v) is 11.5. The number of rotatable bonds is 6. The van der Waals surface area contributed by atoms with E-state index in [2.05, 4.69) is 10.6 Å². The summed E-state index contributed by atoms with van der Waals surface area (Å²) in [6.45, 7) is 3.38. The predicted octanol–water partition coefficient (Wildman–Crippen LogP) is 0.992. The molecule has 0 spiro atoms. The van der Waals surface area contributed by atoms with E-state index in [9.17, 15) is 9.59 Å². The molecule has 108 valence electrons. The molecule has 0 aromatic carbocycles. The lowest BCUT2D eigenvalue weighted by molar-refractivity contribution is -0.138. The zero-order chi connectivity index (χ0) is 13.8. The molecule has 4 atom stereocenters. The third-order valence-electron chi connectivity index (χ3n) is 4.63. The standard InChI is InChI=1S/C14H24N2O3/c1-2-9(6-12(17)18)7-16-14(19)13-11-5-3-4-10(11)8-15-13/h9-11,13,15H,2-8H2,1H3,(H,16,19)(H,17,18). The van der Waals surface area contributed by atoms with Crippen LogP contribution in [0.4, 0.5) is 0 Å². The van der Waals surface area contributed by atoms with Crippen molar-refractivity contribution in [3.63, 3.8) is 0 Å². The minimum atomic E-state index is -0.795. The maximum absolute atomic E-state index is 12.2. The van der Waals surface area contributed by atoms with Crippen molar-refractivity contribution in [1.29, 1.82) is 0 Å². The average molecular weight is 268 g/mol. The van der Waals surface area contributed by atoms with Crippen LogP contribution in [0.2, 0.25) is 0 Å². The van der Waals surface area contributed by atoms with Gasteiger partial charge in [0, 0.05) is 13.0 Å². The molecular weight excluding hydrogens is 244 g/mol. The molecule has 2 aliphatic rings. The lowest BCUT2D eigenvalue weighted by Gasteiger charge is -2.20. The van der Waals surface area contributed by atoms with Gasteiger partial charge in [-0.2, -0.15) is 0 Å². The van der Waals surface area contributed by atoms with Crippen molar-refractivity contribution in [2.45, 2.75) is 45.1 Å². The second-order valence-corrected chi connectivity index (χ2v) is 5.86. The maximum atomic E-state index is 12.2. The van der Waals surface area contributed by atoms with Gasteiger partial charge < -0.3 is 15.7 Å². The summed E-state index contributed by atoms with van der Waals surface area (Å²) in [6.07, 6.45) is 4.51. The van der Waals surface area contributed by atoms with E-state index in [0.717, 1.165) is 19.4 Å². The van der Waals surface area contributed by atoms with Crippen LogP contribution in [0.5, 0.6) is 0 Å². The van der Waals surface area contributed by atoms with Crippen LogP contribution in [0.3, 0.4) is 0 Å². The molecule has 1 aliphatic carbocycles. The van der Waals surface area contributed by atoms with Gasteiger partial charge in [0.05, 0.1) is 6.04 Å². The zero-order valence-electron chi connectivity index (χ0n) is 11.5. The van der Waals surface area contributed by atoms with E-state index in [1.165, 1.54) is 12.8 Å². The average Bonchev–Trinajstić information content (AvgIpc) is 2.95. The molecule has 3 N–H and O–H groups in total. The highest BCUT2D eigenvalue weighted by molar-refractivity contribution is 5.82. The monoisotopic (exact) mass is 268 g/mol. The molecule has 1 amide bonds. The van der Waals surface area contributed by atoms with Crippen LogP contribution in [-0.2, 0) is 9.59 Å². The van der Waals surface area contributed by atoms with Crippen molar-refractivity contribution >= 4 is 11.9 Å². The van der Waals surface area contributed by atoms with Crippen LogP contribution in [0.15, 0.2) is 0 Å². The molecule has 0 radical (unpaired) electrons. The van der Waals surface area contributed by atoms with Crippen LogP contribution < -0.4 is 10.6 Å². The Kier molecular flexibility index (Phi) is 4.80. The Morgan fingerprint density at radius 3 is 2.89 bits per heavy atom. The van der Waals surface area contributed by atoms with E-state index < -0.39 is 5.97 Å². The fourth-order valence-corrected chi connectivity index (χ4v) is 3.44. The summed E-state index contributed by atoms with van der Waals surface area (Å²) in [5.74, 6) is 0.438. The molecule has 1 saturated heterocycles. The second kappa shape index (κ2) is 6.37. The number of hydrogen-bond donors (Lipinski definition) is 3. The number of carboxylic acids is 1. The Labute approximate surface area is 114 Å². The summed E-state index contributed by atoms with van der Waals surface area (Å²) >= 11 is 0. The number of fused-ring (bicyclic) bond motifs is 1. The lowest BCUT2D eigenvalue weighted by atomic mass is 9.93. The Morgan fingerprint density at radius 2 is 2.21 bits per heavy atom. The Hall–Kier alpha value is -1.10. The Morgan fingerprint density at radius 1 is 1.42 bits per heavy atom. The van der Waals surface area contributed by atoms with Gasteiger partial charge in [0.1, 0.15) is 0 Å². The SMILES string of the molecule is CCC(CNC(=O)C1NCC2CCCC21)CC(=O)O. The number of amides is 1. The Bertz CT molecular complexity index is 346. The summed E-state index contributed by atoms with van der Waals surface area (Å²) < 4.78 is 0. The topological polar surface area (TPSA) is 78.4 Å². The molecule has 2 rings (SSSR count). The van der Waals surface area contributed by atoms with Crippen molar-refractivity contribution in [3.8, 4) is 0 Å². The van der Waals surface area contributed by atoms with Crippen LogP contribution in [0.25, 0.3) is 0 Å². The molecule has 1 heterocycles. The number of nitrogens with one attached hydrogen (secondary N) is 2. The van der Waals surface area contributed by atoms with Gasteiger partial charge in [0.15, 0.2) is 0 Å². The van der Waals surface area contributed by atoms with E-state index in [-0.39, 0.29) is 24.3 Å². The number of hydrogen-bond acceptors (Lipinski definition) is 3. The minimum Gasteiger partial charge on any atom is -0.481 e. The first-order valence-corrected chi connectivity index (χ1v) is 7.34. The van der Waals surface area contributed by atoms with Crippen molar-refractivity contribution in [1.82, 2.24) is 10.6 Å². The van der Waals surface area contributed by atoms with E-state index in [1.807, 2.05) is 6.92 Å². The van der Waals surface area contributed by atoms with Gasteiger partial charge in [-0.15, -0.1) is 0 Å². The van der Waals surface area contributed by atoms with Gasteiger partial charge >= 0.3 is 5.97 Å². The number of aliphatic carboxylic acids is 1. The van der Waals surface area contributed by atoms with E-state index in [0.29, 0.717) is 18.4 Å². The first-order chi connectivity index (χ1) is 9.11. The van der Waals surface area contributed by atoms with Gasteiger partial charge in [-0.1, -0.05) is 19.8 Å². The third-order valence-corrected chi connectivity index (χ3v) is 4.63. The summed E-state index contributed by atoms with van der Waals surface area (Å²) in [4.78, 5) is 22.9. The molecule has 2 fully saturated rings. The summed E-state index contributed by atoms with van der Waals surface area (Å²) in [5, 5.41) is 15.0. The molecule has 19 heavy (non-hydrogen) atoms. The molecule has 4 unspecified atom stereocenters. The molecule has 0 aromatic rings. The quantitative estimate of drug-likeness (QED) is 0.671. The fraction of sp³-hybridized carbons (Fsp3) is 0.857. The molecule has 0 aromatic heterocycles. The fourth-order valence-electron chi connectivity index (χ4n) is 3.44. The minimum absolute atomic E-state index is 0.0298. The summed E-state index contributed by atoms with van der Waals surface area (Å²) in [5.41, 5.74) is 0. The summed E-state index contributed by atoms with van der Waals surface area (Å²) in [7, 11) is 0. The second-order valence-electron chi connectivity index (χ2n) is 5.86. The third kappa shape index (κ3) is 3.47. The van der Waals surface area contributed by atoms with Gasteiger partial charge in [0.2, 0.25) is 5.91 Å². The predicted molar refractivity (Wildman–Crippen MR) is 71.7 cm³/mol. The van der Waals surface area contributed by atoms with Gasteiger partial charge in [-0.3, -0.25) is 9.59 Å². The molecule has 1 aliphatic heterocycles. The number of carbonyl (C=O) groups is 2. The molecular formula is C14H24N2O3. The van der Waals surface area contributed by atoms with E-state index in [4.69, 9.17) is 5.11 Å². The highest BCUT2D eigenvalue weighted by Gasteiger charge is 2.42. The maximum Gasteiger partial charge on any atom is 0.303 e. The van der Waals surface area contributed by atoms with Crippen molar-refractivity contribution < 1.29 is 14.7 Å². The first-order valence-electron chi connectivity index (χ1n) is 7.34. The van der Waals surface area contributed by atoms with Crippen molar-refractivity contribution in [3.05, 3.63) is 0 Å². The normalized spacial score (nSPS) is 30.9. The molecule has 5 nitrogen and oxygen atoms in total. The smallest absolute Gasteiger partial charge is 0.303 e. The Balaban J connectivity index is 1.79. The lowest BCUT2D eigenvalue weighted by Crippen LogP contribution is -2.45. The highest BCUT2D eigenvalue weighted by Crippen LogP contribution is 2.37. The number of carboxylic acid groups (broad SMARTS) is 1. The molecule has 0 bridgehead atoms. The first kappa shape index (κ1) is 14.3. The van der Waals surface area contributed by atoms with Crippen molar-refractivity contribution in [2.75, 3.05) is 13.1 Å². The molecule has 5 heteroatoms. The van der Waals surface area contributed by atoms with Crippen molar-refractivity contribution in [2.24, 2.45) is 17.8 Å². The van der Waals surface area contributed by atoms with Crippen LogP contribution in [-0.4, -0.2) is 36.1 Å². The van der Waals surface area contributed by atoms with Crippen LogP contribution in [0, 0.1) is 17.8 Å². The van der Waals surface area contributed by atoms with E-state index in [1.54, 1.807) is 0 Å². The summed E-state index contributed by atoms with van der Waals surface area (Å²) in [6, 6.07) is -0.0603. The largest absolute Gasteiger partial charge is 0.481 e. The molecule has 1 saturated carbocycles. The highest BCUT2D eigenvalue weighted by atomic mass is 16.4. The van der Waals surface area contributed by atoms with E-state index >= 15 is 0 Å². The van der Waals surface area contributed by atoms with Crippen LogP contribution in [0.1, 0.15) is 39.0 Å². The van der Waals surface area contributed by atoms with Gasteiger partial charge in [0.25, 0.3) is 0 Å². The van der Waals surface area contributed by atoms with Crippen LogP contribution >= 0.6 is 0 Å². The number of carbonyl (C=O) groups excluding carboxylic acids is 1. The van der Waals surface area contributed by atoms with Gasteiger partial charge in [-0.05, 0) is 37.1 Å².